The second-order valence-corrected chi connectivity index (χ2v) is 7.27. The van der Waals surface area contributed by atoms with Gasteiger partial charge < -0.3 is 19.5 Å². The molecule has 0 radical (unpaired) electrons. The summed E-state index contributed by atoms with van der Waals surface area (Å²) in [5, 5.41) is 14.3. The van der Waals surface area contributed by atoms with E-state index in [1.54, 1.807) is 36.2 Å². The molecule has 1 saturated heterocycles. The number of nitro groups is 1. The number of nitrogens with one attached hydrogen (secondary N) is 1. The molecule has 2 amide bonds. The maximum absolute atomic E-state index is 12.9. The van der Waals surface area contributed by atoms with E-state index in [0.29, 0.717) is 48.8 Å². The molecule has 0 unspecified atom stereocenters. The number of hydrogen-bond donors (Lipinski definition) is 1. The highest BCUT2D eigenvalue weighted by molar-refractivity contribution is 6.06. The Bertz CT molecular complexity index is 1170. The van der Waals surface area contributed by atoms with Gasteiger partial charge in [-0.05, 0) is 36.8 Å². The molecule has 1 N–H and O–H groups in total. The summed E-state index contributed by atoms with van der Waals surface area (Å²) < 4.78 is 6.80. The molecule has 1 aromatic heterocycles. The van der Waals surface area contributed by atoms with Crippen molar-refractivity contribution in [1.29, 1.82) is 0 Å². The van der Waals surface area contributed by atoms with Crippen LogP contribution in [0.2, 0.25) is 0 Å². The van der Waals surface area contributed by atoms with Crippen LogP contribution in [0.25, 0.3) is 5.69 Å². The van der Waals surface area contributed by atoms with Crippen LogP contribution in [0.15, 0.2) is 55.1 Å². The first kappa shape index (κ1) is 21.2. The summed E-state index contributed by atoms with van der Waals surface area (Å²) in [6.45, 7) is 3.78. The zero-order valence-corrected chi connectivity index (χ0v) is 17.4. The number of nitro benzene ring substituents is 1. The highest BCUT2D eigenvalue weighted by atomic mass is 16.6. The van der Waals surface area contributed by atoms with Gasteiger partial charge in [-0.25, -0.2) is 4.98 Å². The summed E-state index contributed by atoms with van der Waals surface area (Å²) in [6.07, 6.45) is 4.54. The standard InChI is InChI=1S/C22H21N5O5/c1-15-17(22(29)25-9-11-32-12-10-25)3-2-4-18(15)24-21(28)16-5-6-19(20(13-16)27(30)31)26-8-7-23-14-26/h2-8,13-14H,9-12H2,1H3,(H,24,28). The number of hydrogen-bond acceptors (Lipinski definition) is 6. The summed E-state index contributed by atoms with van der Waals surface area (Å²) in [5.41, 5.74) is 1.80. The van der Waals surface area contributed by atoms with Crippen molar-refractivity contribution in [2.75, 3.05) is 31.6 Å². The van der Waals surface area contributed by atoms with E-state index in [1.807, 2.05) is 0 Å². The van der Waals surface area contributed by atoms with E-state index in [9.17, 15) is 19.7 Å². The van der Waals surface area contributed by atoms with E-state index in [1.165, 1.54) is 35.3 Å². The molecular formula is C22H21N5O5. The van der Waals surface area contributed by atoms with Crippen LogP contribution in [0, 0.1) is 17.0 Å². The van der Waals surface area contributed by atoms with E-state index < -0.39 is 10.8 Å². The van der Waals surface area contributed by atoms with Crippen molar-refractivity contribution in [2.45, 2.75) is 6.92 Å². The summed E-state index contributed by atoms with van der Waals surface area (Å²) >= 11 is 0. The highest BCUT2D eigenvalue weighted by Crippen LogP contribution is 2.26. The lowest BCUT2D eigenvalue weighted by Gasteiger charge is -2.27. The van der Waals surface area contributed by atoms with Gasteiger partial charge in [0.1, 0.15) is 5.69 Å². The van der Waals surface area contributed by atoms with Gasteiger partial charge in [0, 0.05) is 48.4 Å². The SMILES string of the molecule is Cc1c(NC(=O)c2ccc(-n3ccnc3)c([N+](=O)[O-])c2)cccc1C(=O)N1CCOCC1. The van der Waals surface area contributed by atoms with Gasteiger partial charge in [0.2, 0.25) is 0 Å². The zero-order chi connectivity index (χ0) is 22.7. The van der Waals surface area contributed by atoms with E-state index in [2.05, 4.69) is 10.3 Å². The number of amides is 2. The molecule has 3 aromatic rings. The monoisotopic (exact) mass is 435 g/mol. The van der Waals surface area contributed by atoms with Crippen LogP contribution in [0.4, 0.5) is 11.4 Å². The molecule has 10 nitrogen and oxygen atoms in total. The van der Waals surface area contributed by atoms with Crippen LogP contribution >= 0.6 is 0 Å². The highest BCUT2D eigenvalue weighted by Gasteiger charge is 2.22. The topological polar surface area (TPSA) is 120 Å². The van der Waals surface area contributed by atoms with Crippen LogP contribution in [0.5, 0.6) is 0 Å². The fourth-order valence-electron chi connectivity index (χ4n) is 3.56. The average molecular weight is 435 g/mol. The molecule has 0 spiro atoms. The van der Waals surface area contributed by atoms with Gasteiger partial charge in [0.25, 0.3) is 17.5 Å². The van der Waals surface area contributed by atoms with E-state index in [4.69, 9.17) is 4.74 Å². The molecule has 0 bridgehead atoms. The number of rotatable bonds is 5. The van der Waals surface area contributed by atoms with E-state index >= 15 is 0 Å². The molecule has 1 aliphatic heterocycles. The molecule has 1 fully saturated rings. The minimum Gasteiger partial charge on any atom is -0.378 e. The Balaban J connectivity index is 1.58. The minimum atomic E-state index is -0.543. The number of carbonyl (C=O) groups excluding carboxylic acids is 2. The molecule has 0 saturated carbocycles. The second-order valence-electron chi connectivity index (χ2n) is 7.27. The van der Waals surface area contributed by atoms with Gasteiger partial charge in [-0.1, -0.05) is 6.07 Å². The number of imidazole rings is 1. The van der Waals surface area contributed by atoms with E-state index in [0.717, 1.165) is 0 Å². The predicted octanol–water partition coefficient (Wildman–Crippen LogP) is 2.81. The number of benzene rings is 2. The molecule has 164 valence electrons. The van der Waals surface area contributed by atoms with Gasteiger partial charge in [0.15, 0.2) is 0 Å². The second kappa shape index (κ2) is 8.98. The molecule has 10 heteroatoms. The lowest BCUT2D eigenvalue weighted by molar-refractivity contribution is -0.384. The van der Waals surface area contributed by atoms with E-state index in [-0.39, 0.29) is 17.2 Å². The first-order valence-electron chi connectivity index (χ1n) is 10.0. The van der Waals surface area contributed by atoms with Gasteiger partial charge in [-0.2, -0.15) is 0 Å². The Kier molecular flexibility index (Phi) is 5.95. The Morgan fingerprint density at radius 3 is 2.66 bits per heavy atom. The maximum Gasteiger partial charge on any atom is 0.294 e. The molecule has 1 aliphatic rings. The van der Waals surface area contributed by atoms with Crippen molar-refractivity contribution in [3.63, 3.8) is 0 Å². The lowest BCUT2D eigenvalue weighted by Crippen LogP contribution is -2.41. The summed E-state index contributed by atoms with van der Waals surface area (Å²) in [7, 11) is 0. The zero-order valence-electron chi connectivity index (χ0n) is 17.4. The van der Waals surface area contributed by atoms with Crippen molar-refractivity contribution in [1.82, 2.24) is 14.5 Å². The summed E-state index contributed by atoms with van der Waals surface area (Å²) in [5.74, 6) is -0.633. The first-order chi connectivity index (χ1) is 15.5. The molecule has 0 aliphatic carbocycles. The molecule has 32 heavy (non-hydrogen) atoms. The fraction of sp³-hybridized carbons (Fsp3) is 0.227. The van der Waals surface area contributed by atoms with Crippen LogP contribution in [-0.2, 0) is 4.74 Å². The lowest BCUT2D eigenvalue weighted by atomic mass is 10.0. The summed E-state index contributed by atoms with van der Waals surface area (Å²) in [4.78, 5) is 42.4. The third kappa shape index (κ3) is 4.21. The van der Waals surface area contributed by atoms with Gasteiger partial charge in [0.05, 0.1) is 24.5 Å². The number of morpholine rings is 1. The maximum atomic E-state index is 12.9. The minimum absolute atomic E-state index is 0.123. The molecular weight excluding hydrogens is 414 g/mol. The largest absolute Gasteiger partial charge is 0.378 e. The van der Waals surface area contributed by atoms with Crippen molar-refractivity contribution in [3.8, 4) is 5.69 Å². The smallest absolute Gasteiger partial charge is 0.294 e. The van der Waals surface area contributed by atoms with Crippen LogP contribution in [0.1, 0.15) is 26.3 Å². The quantitative estimate of drug-likeness (QED) is 0.486. The number of nitrogens with zero attached hydrogens (tertiary/aromatic N) is 4. The van der Waals surface area contributed by atoms with Crippen molar-refractivity contribution >= 4 is 23.2 Å². The predicted molar refractivity (Wildman–Crippen MR) is 116 cm³/mol. The van der Waals surface area contributed by atoms with Gasteiger partial charge in [-0.3, -0.25) is 19.7 Å². The fourth-order valence-corrected chi connectivity index (χ4v) is 3.56. The van der Waals surface area contributed by atoms with Gasteiger partial charge in [-0.15, -0.1) is 0 Å². The summed E-state index contributed by atoms with van der Waals surface area (Å²) in [6, 6.07) is 9.34. The van der Waals surface area contributed by atoms with Gasteiger partial charge >= 0.3 is 0 Å². The number of anilines is 1. The van der Waals surface area contributed by atoms with Crippen molar-refractivity contribution in [2.24, 2.45) is 0 Å². The average Bonchev–Trinajstić information content (AvgIpc) is 3.35. The molecule has 2 aromatic carbocycles. The Hall–Kier alpha value is -4.05. The number of aromatic nitrogens is 2. The third-order valence-electron chi connectivity index (χ3n) is 5.33. The van der Waals surface area contributed by atoms with Crippen LogP contribution in [0.3, 0.4) is 0 Å². The normalized spacial score (nSPS) is 13.6. The Labute approximate surface area is 183 Å². The van der Waals surface area contributed by atoms with Crippen molar-refractivity contribution in [3.05, 3.63) is 81.9 Å². The molecule has 0 atom stereocenters. The first-order valence-corrected chi connectivity index (χ1v) is 10.0. The Morgan fingerprint density at radius 1 is 1.19 bits per heavy atom. The third-order valence-corrected chi connectivity index (χ3v) is 5.33. The molecule has 2 heterocycles. The number of carbonyl (C=O) groups is 2. The van der Waals surface area contributed by atoms with Crippen LogP contribution < -0.4 is 5.32 Å². The Morgan fingerprint density at radius 2 is 1.97 bits per heavy atom. The molecule has 4 rings (SSSR count). The van der Waals surface area contributed by atoms with Crippen LogP contribution in [-0.4, -0.2) is 57.5 Å². The number of ether oxygens (including phenoxy) is 1. The van der Waals surface area contributed by atoms with Crippen molar-refractivity contribution < 1.29 is 19.2 Å².